The van der Waals surface area contributed by atoms with E-state index in [0.29, 0.717) is 6.54 Å². The first-order valence-electron chi connectivity index (χ1n) is 6.31. The van der Waals surface area contributed by atoms with Crippen molar-refractivity contribution in [3.8, 4) is 0 Å². The molecule has 108 valence electrons. The van der Waals surface area contributed by atoms with Crippen LogP contribution in [0.2, 0.25) is 0 Å². The SMILES string of the molecule is Cc1ccc(N(C)C)nc1Nc1cccc(CN)c1.Cl. The Bertz CT molecular complexity index is 570. The van der Waals surface area contributed by atoms with Crippen LogP contribution in [0, 0.1) is 6.92 Å². The highest BCUT2D eigenvalue weighted by Crippen LogP contribution is 2.22. The maximum Gasteiger partial charge on any atom is 0.135 e. The number of hydrogen-bond acceptors (Lipinski definition) is 4. The van der Waals surface area contributed by atoms with Gasteiger partial charge in [0.15, 0.2) is 0 Å². The molecule has 1 aromatic carbocycles. The van der Waals surface area contributed by atoms with Gasteiger partial charge in [-0.3, -0.25) is 0 Å². The fraction of sp³-hybridized carbons (Fsp3) is 0.267. The van der Waals surface area contributed by atoms with E-state index in [0.717, 1.165) is 28.5 Å². The van der Waals surface area contributed by atoms with Crippen LogP contribution in [0.25, 0.3) is 0 Å². The number of benzene rings is 1. The lowest BCUT2D eigenvalue weighted by Gasteiger charge is -2.15. The van der Waals surface area contributed by atoms with E-state index in [1.54, 1.807) is 0 Å². The Morgan fingerprint density at radius 2 is 1.95 bits per heavy atom. The quantitative estimate of drug-likeness (QED) is 0.909. The predicted octanol–water partition coefficient (Wildman–Crippen LogP) is 3.08. The summed E-state index contributed by atoms with van der Waals surface area (Å²) < 4.78 is 0. The second-order valence-electron chi connectivity index (χ2n) is 4.76. The lowest BCUT2D eigenvalue weighted by Crippen LogP contribution is -2.11. The normalized spacial score (nSPS) is 9.80. The van der Waals surface area contributed by atoms with Crippen molar-refractivity contribution in [1.29, 1.82) is 0 Å². The summed E-state index contributed by atoms with van der Waals surface area (Å²) in [5.41, 5.74) is 8.88. The number of nitrogens with one attached hydrogen (secondary N) is 1. The van der Waals surface area contributed by atoms with Gasteiger partial charge in [0.2, 0.25) is 0 Å². The minimum atomic E-state index is 0. The Morgan fingerprint density at radius 3 is 2.60 bits per heavy atom. The number of nitrogens with zero attached hydrogens (tertiary/aromatic N) is 2. The first kappa shape index (κ1) is 16.3. The van der Waals surface area contributed by atoms with Crippen molar-refractivity contribution in [2.75, 3.05) is 24.3 Å². The summed E-state index contributed by atoms with van der Waals surface area (Å²) in [6.07, 6.45) is 0. The molecule has 0 atom stereocenters. The van der Waals surface area contributed by atoms with E-state index >= 15 is 0 Å². The van der Waals surface area contributed by atoms with Crippen molar-refractivity contribution < 1.29 is 0 Å². The third-order valence-corrected chi connectivity index (χ3v) is 2.97. The van der Waals surface area contributed by atoms with Crippen molar-refractivity contribution >= 4 is 29.7 Å². The van der Waals surface area contributed by atoms with Gasteiger partial charge >= 0.3 is 0 Å². The van der Waals surface area contributed by atoms with E-state index in [4.69, 9.17) is 5.73 Å². The molecule has 0 unspecified atom stereocenters. The first-order valence-corrected chi connectivity index (χ1v) is 6.31. The van der Waals surface area contributed by atoms with Crippen LogP contribution in [-0.2, 0) is 6.54 Å². The molecular formula is C15H21ClN4. The Balaban J connectivity index is 0.00000200. The predicted molar refractivity (Wildman–Crippen MR) is 88.2 cm³/mol. The van der Waals surface area contributed by atoms with Gasteiger partial charge in [-0.25, -0.2) is 4.98 Å². The summed E-state index contributed by atoms with van der Waals surface area (Å²) in [5, 5.41) is 3.35. The maximum absolute atomic E-state index is 5.66. The molecule has 0 saturated carbocycles. The fourth-order valence-corrected chi connectivity index (χ4v) is 1.81. The van der Waals surface area contributed by atoms with Crippen LogP contribution in [0.15, 0.2) is 36.4 Å². The molecule has 0 aliphatic heterocycles. The molecule has 5 heteroatoms. The van der Waals surface area contributed by atoms with Gasteiger partial charge in [0.25, 0.3) is 0 Å². The van der Waals surface area contributed by atoms with Crippen LogP contribution in [0.5, 0.6) is 0 Å². The van der Waals surface area contributed by atoms with E-state index < -0.39 is 0 Å². The molecule has 0 bridgehead atoms. The molecule has 1 heterocycles. The van der Waals surface area contributed by atoms with E-state index in [9.17, 15) is 0 Å². The zero-order valence-electron chi connectivity index (χ0n) is 12.1. The molecule has 0 aliphatic carbocycles. The lowest BCUT2D eigenvalue weighted by atomic mass is 10.2. The molecule has 4 nitrogen and oxygen atoms in total. The summed E-state index contributed by atoms with van der Waals surface area (Å²) in [6, 6.07) is 12.2. The van der Waals surface area contributed by atoms with Crippen molar-refractivity contribution in [1.82, 2.24) is 4.98 Å². The molecule has 0 radical (unpaired) electrons. The molecule has 20 heavy (non-hydrogen) atoms. The smallest absolute Gasteiger partial charge is 0.135 e. The van der Waals surface area contributed by atoms with Gasteiger partial charge in [-0.15, -0.1) is 12.4 Å². The summed E-state index contributed by atoms with van der Waals surface area (Å²) in [7, 11) is 3.97. The second kappa shape index (κ2) is 7.12. The molecule has 0 amide bonds. The fourth-order valence-electron chi connectivity index (χ4n) is 1.81. The van der Waals surface area contributed by atoms with Gasteiger partial charge in [-0.05, 0) is 36.2 Å². The lowest BCUT2D eigenvalue weighted by molar-refractivity contribution is 1.06. The highest BCUT2D eigenvalue weighted by atomic mass is 35.5. The van der Waals surface area contributed by atoms with Crippen LogP contribution in [-0.4, -0.2) is 19.1 Å². The van der Waals surface area contributed by atoms with Crippen molar-refractivity contribution in [2.45, 2.75) is 13.5 Å². The van der Waals surface area contributed by atoms with Crippen LogP contribution in [0.4, 0.5) is 17.3 Å². The number of pyridine rings is 1. The number of anilines is 3. The molecule has 0 saturated heterocycles. The number of rotatable bonds is 4. The Kier molecular flexibility index (Phi) is 5.80. The number of halogens is 1. The Hall–Kier alpha value is -1.78. The van der Waals surface area contributed by atoms with Gasteiger partial charge in [0.05, 0.1) is 0 Å². The van der Waals surface area contributed by atoms with Crippen LogP contribution in [0.1, 0.15) is 11.1 Å². The summed E-state index contributed by atoms with van der Waals surface area (Å²) >= 11 is 0. The third-order valence-electron chi connectivity index (χ3n) is 2.97. The topological polar surface area (TPSA) is 54.2 Å². The van der Waals surface area contributed by atoms with Gasteiger partial charge in [0, 0.05) is 26.3 Å². The average Bonchev–Trinajstić information content (AvgIpc) is 2.41. The molecule has 0 fully saturated rings. The zero-order valence-corrected chi connectivity index (χ0v) is 12.9. The zero-order chi connectivity index (χ0) is 13.8. The van der Waals surface area contributed by atoms with E-state index in [1.165, 1.54) is 0 Å². The second-order valence-corrected chi connectivity index (χ2v) is 4.76. The highest BCUT2D eigenvalue weighted by Gasteiger charge is 2.04. The van der Waals surface area contributed by atoms with Crippen molar-refractivity contribution in [3.63, 3.8) is 0 Å². The first-order chi connectivity index (χ1) is 9.10. The van der Waals surface area contributed by atoms with Crippen LogP contribution >= 0.6 is 12.4 Å². The maximum atomic E-state index is 5.66. The molecular weight excluding hydrogens is 272 g/mol. The molecule has 3 N–H and O–H groups in total. The number of aromatic nitrogens is 1. The molecule has 1 aromatic heterocycles. The number of aryl methyl sites for hydroxylation is 1. The highest BCUT2D eigenvalue weighted by molar-refractivity contribution is 5.85. The van der Waals surface area contributed by atoms with Gasteiger partial charge in [-0.2, -0.15) is 0 Å². The molecule has 0 spiro atoms. The third kappa shape index (κ3) is 3.85. The standard InChI is InChI=1S/C15H20N4.ClH/c1-11-7-8-14(19(2)3)18-15(11)17-13-6-4-5-12(9-13)10-16;/h4-9H,10,16H2,1-3H3,(H,17,18);1H. The van der Waals surface area contributed by atoms with Crippen molar-refractivity contribution in [2.24, 2.45) is 5.73 Å². The van der Waals surface area contributed by atoms with E-state index in [-0.39, 0.29) is 12.4 Å². The molecule has 0 aliphatic rings. The largest absolute Gasteiger partial charge is 0.363 e. The average molecular weight is 293 g/mol. The van der Waals surface area contributed by atoms with Gasteiger partial charge in [0.1, 0.15) is 11.6 Å². The Morgan fingerprint density at radius 1 is 1.20 bits per heavy atom. The van der Waals surface area contributed by atoms with Crippen molar-refractivity contribution in [3.05, 3.63) is 47.5 Å². The number of nitrogens with two attached hydrogens (primary N) is 1. The van der Waals surface area contributed by atoms with Gasteiger partial charge in [-0.1, -0.05) is 18.2 Å². The summed E-state index contributed by atoms with van der Waals surface area (Å²) in [4.78, 5) is 6.59. The van der Waals surface area contributed by atoms with Crippen LogP contribution < -0.4 is 16.0 Å². The van der Waals surface area contributed by atoms with E-state index in [2.05, 4.69) is 16.4 Å². The monoisotopic (exact) mass is 292 g/mol. The minimum Gasteiger partial charge on any atom is -0.363 e. The van der Waals surface area contributed by atoms with Gasteiger partial charge < -0.3 is 16.0 Å². The summed E-state index contributed by atoms with van der Waals surface area (Å²) in [5.74, 6) is 1.81. The Labute approximate surface area is 126 Å². The molecule has 2 rings (SSSR count). The number of hydrogen-bond donors (Lipinski definition) is 2. The molecule has 2 aromatic rings. The van der Waals surface area contributed by atoms with E-state index in [1.807, 2.05) is 56.3 Å². The minimum absolute atomic E-state index is 0. The summed E-state index contributed by atoms with van der Waals surface area (Å²) in [6.45, 7) is 2.58. The van der Waals surface area contributed by atoms with Crippen LogP contribution in [0.3, 0.4) is 0 Å².